The predicted molar refractivity (Wildman–Crippen MR) is 57.8 cm³/mol. The number of aliphatic imine (C=N–C) groups is 1. The number of benzene rings is 1. The van der Waals surface area contributed by atoms with Gasteiger partial charge in [-0.3, -0.25) is 4.99 Å². The highest BCUT2D eigenvalue weighted by Gasteiger charge is 2.39. The van der Waals surface area contributed by atoms with Gasteiger partial charge in [0.15, 0.2) is 0 Å². The fourth-order valence-corrected chi connectivity index (χ4v) is 1.91. The minimum absolute atomic E-state index is 0.00639. The van der Waals surface area contributed by atoms with Crippen LogP contribution in [-0.4, -0.2) is 6.21 Å². The van der Waals surface area contributed by atoms with E-state index in [0.29, 0.717) is 10.9 Å². The van der Waals surface area contributed by atoms with Gasteiger partial charge in [-0.15, -0.1) is 0 Å². The first-order valence-corrected chi connectivity index (χ1v) is 4.90. The zero-order chi connectivity index (χ0) is 12.0. The molecular weight excluding hydrogens is 231 g/mol. The normalized spacial score (nSPS) is 14.3. The highest BCUT2D eigenvalue weighted by Crippen LogP contribution is 2.39. The van der Waals surface area contributed by atoms with Crippen molar-refractivity contribution in [3.63, 3.8) is 0 Å². The molecule has 1 aromatic carbocycles. The monoisotopic (exact) mass is 237 g/mol. The highest BCUT2D eigenvalue weighted by molar-refractivity contribution is 6.04. The van der Waals surface area contributed by atoms with E-state index in [2.05, 4.69) is 4.99 Å². The van der Waals surface area contributed by atoms with Crippen LogP contribution in [0.25, 0.3) is 17.0 Å². The largest absolute Gasteiger partial charge is 0.451 e. The van der Waals surface area contributed by atoms with E-state index in [4.69, 9.17) is 4.42 Å². The molecule has 1 aliphatic heterocycles. The quantitative estimate of drug-likeness (QED) is 0.683. The van der Waals surface area contributed by atoms with Crippen LogP contribution in [0, 0.1) is 0 Å². The third-order valence-corrected chi connectivity index (χ3v) is 2.59. The molecule has 0 atom stereocenters. The second-order valence-corrected chi connectivity index (χ2v) is 3.66. The molecule has 0 spiro atoms. The van der Waals surface area contributed by atoms with Gasteiger partial charge in [0.05, 0.1) is 5.56 Å². The van der Waals surface area contributed by atoms with Crippen molar-refractivity contribution in [1.29, 1.82) is 0 Å². The number of hydrogen-bond donors (Lipinski definition) is 0. The molecule has 0 amide bonds. The van der Waals surface area contributed by atoms with Gasteiger partial charge in [0.2, 0.25) is 5.76 Å². The summed E-state index contributed by atoms with van der Waals surface area (Å²) in [5.41, 5.74) is 0.894. The van der Waals surface area contributed by atoms with Crippen LogP contribution in [0.15, 0.2) is 33.8 Å². The summed E-state index contributed by atoms with van der Waals surface area (Å²) in [6.07, 6.45) is -0.205. The number of hydrogen-bond acceptors (Lipinski definition) is 2. The first-order chi connectivity index (χ1) is 8.07. The van der Waals surface area contributed by atoms with E-state index in [-0.39, 0.29) is 11.1 Å². The summed E-state index contributed by atoms with van der Waals surface area (Å²) in [5, 5.41) is 0.456. The van der Waals surface area contributed by atoms with Gasteiger partial charge in [-0.25, -0.2) is 0 Å². The van der Waals surface area contributed by atoms with Gasteiger partial charge in [-0.1, -0.05) is 12.1 Å². The Kier molecular flexibility index (Phi) is 1.92. The number of alkyl halides is 3. The molecule has 0 radical (unpaired) electrons. The van der Waals surface area contributed by atoms with Crippen LogP contribution in [0.2, 0.25) is 0 Å². The summed E-state index contributed by atoms with van der Waals surface area (Å²) in [4.78, 5) is 3.79. The molecule has 3 rings (SSSR count). The average molecular weight is 237 g/mol. The van der Waals surface area contributed by atoms with Gasteiger partial charge in [0.25, 0.3) is 0 Å². The molecule has 0 aliphatic carbocycles. The van der Waals surface area contributed by atoms with Gasteiger partial charge in [0.1, 0.15) is 5.58 Å². The smallest absolute Gasteiger partial charge is 0.450 e. The van der Waals surface area contributed by atoms with Crippen LogP contribution >= 0.6 is 0 Å². The Morgan fingerprint density at radius 2 is 2.00 bits per heavy atom. The van der Waals surface area contributed by atoms with E-state index in [1.807, 2.05) is 0 Å². The Hall–Kier alpha value is -2.04. The zero-order valence-electron chi connectivity index (χ0n) is 8.45. The summed E-state index contributed by atoms with van der Waals surface area (Å²) in [5.74, 6) is -0.993. The van der Waals surface area contributed by atoms with Crippen LogP contribution in [0.4, 0.5) is 13.2 Å². The average Bonchev–Trinajstić information content (AvgIpc) is 2.50. The summed E-state index contributed by atoms with van der Waals surface area (Å²) in [7, 11) is 0. The number of halogens is 3. The lowest BCUT2D eigenvalue weighted by molar-refractivity contribution is -0.152. The number of nitrogens with zero attached hydrogens (tertiary/aromatic N) is 1. The lowest BCUT2D eigenvalue weighted by atomic mass is 10.1. The van der Waals surface area contributed by atoms with Gasteiger partial charge in [0, 0.05) is 17.8 Å². The second-order valence-electron chi connectivity index (χ2n) is 3.66. The molecule has 1 aromatic heterocycles. The van der Waals surface area contributed by atoms with E-state index in [9.17, 15) is 13.2 Å². The van der Waals surface area contributed by atoms with E-state index < -0.39 is 11.9 Å². The van der Waals surface area contributed by atoms with Crippen LogP contribution < -0.4 is 0 Å². The predicted octanol–water partition coefficient (Wildman–Crippen LogP) is 3.85. The third kappa shape index (κ3) is 1.46. The Morgan fingerprint density at radius 3 is 2.76 bits per heavy atom. The summed E-state index contributed by atoms with van der Waals surface area (Å²) in [6.45, 7) is 0. The molecule has 0 N–H and O–H groups in total. The molecule has 5 heteroatoms. The Balaban J connectivity index is 2.45. The van der Waals surface area contributed by atoms with E-state index in [0.717, 1.165) is 0 Å². The minimum Gasteiger partial charge on any atom is -0.451 e. The SMILES string of the molecule is FC(F)(F)c1oc2cccc3c2c1C=NC=C3. The second kappa shape index (κ2) is 3.23. The molecule has 0 unspecified atom stereocenters. The molecular formula is C12H6F3NO. The first kappa shape index (κ1) is 10.1. The van der Waals surface area contributed by atoms with Gasteiger partial charge in [-0.2, -0.15) is 13.2 Å². The fraction of sp³-hybridized carbons (Fsp3) is 0.0833. The van der Waals surface area contributed by atoms with Crippen molar-refractivity contribution in [1.82, 2.24) is 0 Å². The van der Waals surface area contributed by atoms with Crippen LogP contribution in [-0.2, 0) is 6.18 Å². The fourth-order valence-electron chi connectivity index (χ4n) is 1.91. The lowest BCUT2D eigenvalue weighted by Gasteiger charge is -2.02. The van der Waals surface area contributed by atoms with Crippen molar-refractivity contribution >= 4 is 23.3 Å². The Morgan fingerprint density at radius 1 is 1.18 bits per heavy atom. The van der Waals surface area contributed by atoms with Crippen molar-refractivity contribution in [3.8, 4) is 0 Å². The Bertz CT molecular complexity index is 650. The van der Waals surface area contributed by atoms with Crippen molar-refractivity contribution in [3.05, 3.63) is 41.3 Å². The van der Waals surface area contributed by atoms with Crippen molar-refractivity contribution in [2.24, 2.45) is 4.99 Å². The van der Waals surface area contributed by atoms with Crippen LogP contribution in [0.3, 0.4) is 0 Å². The van der Waals surface area contributed by atoms with E-state index in [1.165, 1.54) is 18.5 Å². The molecule has 2 nitrogen and oxygen atoms in total. The maximum absolute atomic E-state index is 12.8. The first-order valence-electron chi connectivity index (χ1n) is 4.90. The highest BCUT2D eigenvalue weighted by atomic mass is 19.4. The van der Waals surface area contributed by atoms with E-state index in [1.54, 1.807) is 18.2 Å². The molecule has 0 saturated heterocycles. The van der Waals surface area contributed by atoms with Gasteiger partial charge < -0.3 is 4.42 Å². The standard InChI is InChI=1S/C12H6F3NO/c13-12(14,15)11-8-6-16-5-4-7-2-1-3-9(17-11)10(7)8/h1-6H. The molecule has 17 heavy (non-hydrogen) atoms. The van der Waals surface area contributed by atoms with Gasteiger partial charge in [-0.05, 0) is 17.7 Å². The van der Waals surface area contributed by atoms with Gasteiger partial charge >= 0.3 is 6.18 Å². The summed E-state index contributed by atoms with van der Waals surface area (Å²) in [6, 6.07) is 4.90. The molecule has 2 aromatic rings. The maximum Gasteiger partial charge on any atom is 0.450 e. The third-order valence-electron chi connectivity index (χ3n) is 2.59. The molecule has 0 fully saturated rings. The zero-order valence-corrected chi connectivity index (χ0v) is 8.45. The summed E-state index contributed by atoms with van der Waals surface area (Å²) >= 11 is 0. The van der Waals surface area contributed by atoms with Crippen LogP contribution in [0.1, 0.15) is 16.9 Å². The molecule has 2 heterocycles. The van der Waals surface area contributed by atoms with Crippen LogP contribution in [0.5, 0.6) is 0 Å². The molecule has 0 bridgehead atoms. The topological polar surface area (TPSA) is 25.5 Å². The van der Waals surface area contributed by atoms with Crippen molar-refractivity contribution in [2.75, 3.05) is 0 Å². The molecule has 86 valence electrons. The molecule has 0 saturated carbocycles. The molecule has 1 aliphatic rings. The number of rotatable bonds is 0. The summed E-state index contributed by atoms with van der Waals surface area (Å²) < 4.78 is 43.2. The number of furan rings is 1. The lowest BCUT2D eigenvalue weighted by Crippen LogP contribution is -2.06. The van der Waals surface area contributed by atoms with Crippen molar-refractivity contribution in [2.45, 2.75) is 6.18 Å². The van der Waals surface area contributed by atoms with E-state index >= 15 is 0 Å². The Labute approximate surface area is 94.1 Å². The van der Waals surface area contributed by atoms with Crippen molar-refractivity contribution < 1.29 is 17.6 Å². The minimum atomic E-state index is -4.51. The maximum atomic E-state index is 12.8.